The Morgan fingerprint density at radius 2 is 1.90 bits per heavy atom. The Hall–Kier alpha value is -1.08. The summed E-state index contributed by atoms with van der Waals surface area (Å²) in [6.07, 6.45) is 10.5. The van der Waals surface area contributed by atoms with E-state index in [4.69, 9.17) is 0 Å². The van der Waals surface area contributed by atoms with Gasteiger partial charge in [0.05, 0.1) is 6.04 Å². The fourth-order valence-corrected chi connectivity index (χ4v) is 3.21. The van der Waals surface area contributed by atoms with Crippen molar-refractivity contribution in [2.45, 2.75) is 65.3 Å². The van der Waals surface area contributed by atoms with Gasteiger partial charge in [-0.3, -0.25) is 0 Å². The zero-order valence-corrected chi connectivity index (χ0v) is 13.3. The summed E-state index contributed by atoms with van der Waals surface area (Å²) in [5.41, 5.74) is 5.93. The minimum absolute atomic E-state index is 0.415. The van der Waals surface area contributed by atoms with E-state index < -0.39 is 0 Å². The number of likely N-dealkylation sites (N-methyl/N-ethyl adjacent to an activating group) is 1. The molecule has 0 amide bonds. The number of hydrogen-bond acceptors (Lipinski definition) is 1. The Morgan fingerprint density at radius 3 is 2.70 bits per heavy atom. The number of nitrogens with one attached hydrogen (secondary N) is 1. The molecule has 1 heteroatoms. The average Bonchev–Trinajstić information content (AvgIpc) is 2.40. The second-order valence-corrected chi connectivity index (χ2v) is 6.01. The van der Waals surface area contributed by atoms with E-state index in [1.807, 2.05) is 0 Å². The van der Waals surface area contributed by atoms with Gasteiger partial charge in [0.25, 0.3) is 0 Å². The first-order valence-electron chi connectivity index (χ1n) is 8.22. The molecule has 0 spiro atoms. The summed E-state index contributed by atoms with van der Waals surface area (Å²) < 4.78 is 0. The predicted octanol–water partition coefficient (Wildman–Crippen LogP) is 5.23. The molecule has 0 saturated heterocycles. The molecule has 1 N–H and O–H groups in total. The molecule has 110 valence electrons. The van der Waals surface area contributed by atoms with Gasteiger partial charge in [0, 0.05) is 0 Å². The first-order chi connectivity index (χ1) is 9.74. The molecule has 1 nitrogen and oxygen atoms in total. The van der Waals surface area contributed by atoms with Crippen LogP contribution in [0.5, 0.6) is 0 Å². The van der Waals surface area contributed by atoms with Crippen molar-refractivity contribution >= 4 is 0 Å². The van der Waals surface area contributed by atoms with Crippen LogP contribution in [-0.2, 0) is 0 Å². The number of rotatable bonds is 4. The summed E-state index contributed by atoms with van der Waals surface area (Å²) >= 11 is 0. The summed E-state index contributed by atoms with van der Waals surface area (Å²) in [4.78, 5) is 0. The SMILES string of the molecule is CCNC(/C1=C/CCCCCC1)c1cccc(C)c1C. The molecule has 0 radical (unpaired) electrons. The standard InChI is InChI=1S/C19H29N/c1-4-20-19(17-12-8-6-5-7-9-13-17)18-14-10-11-15(2)16(18)3/h10-12,14,19-20H,4-9,13H2,1-3H3/b17-12+. The normalized spacial score (nSPS) is 20.6. The Balaban J connectivity index is 2.31. The zero-order valence-electron chi connectivity index (χ0n) is 13.3. The van der Waals surface area contributed by atoms with Gasteiger partial charge in [0.15, 0.2) is 0 Å². The van der Waals surface area contributed by atoms with Crippen LogP contribution in [-0.4, -0.2) is 6.54 Å². The third-order valence-electron chi connectivity index (χ3n) is 4.56. The van der Waals surface area contributed by atoms with Crippen LogP contribution < -0.4 is 5.32 Å². The molecule has 1 aliphatic rings. The summed E-state index contributed by atoms with van der Waals surface area (Å²) in [6, 6.07) is 7.13. The molecule has 0 saturated carbocycles. The summed E-state index contributed by atoms with van der Waals surface area (Å²) in [5, 5.41) is 3.72. The van der Waals surface area contributed by atoms with Gasteiger partial charge in [-0.25, -0.2) is 0 Å². The van der Waals surface area contributed by atoms with Crippen LogP contribution in [0, 0.1) is 13.8 Å². The van der Waals surface area contributed by atoms with E-state index >= 15 is 0 Å². The van der Waals surface area contributed by atoms with Gasteiger partial charge < -0.3 is 5.32 Å². The third kappa shape index (κ3) is 3.73. The average molecular weight is 271 g/mol. The highest BCUT2D eigenvalue weighted by Gasteiger charge is 2.18. The van der Waals surface area contributed by atoms with Crippen molar-refractivity contribution in [3.8, 4) is 0 Å². The topological polar surface area (TPSA) is 12.0 Å². The lowest BCUT2D eigenvalue weighted by Crippen LogP contribution is -2.24. The number of benzene rings is 1. The van der Waals surface area contributed by atoms with Crippen molar-refractivity contribution in [3.05, 3.63) is 46.5 Å². The van der Waals surface area contributed by atoms with Gasteiger partial charge >= 0.3 is 0 Å². The highest BCUT2D eigenvalue weighted by atomic mass is 14.9. The fourth-order valence-electron chi connectivity index (χ4n) is 3.21. The molecule has 1 atom stereocenters. The lowest BCUT2D eigenvalue weighted by Gasteiger charge is -2.25. The Morgan fingerprint density at radius 1 is 1.10 bits per heavy atom. The summed E-state index contributed by atoms with van der Waals surface area (Å²) in [5.74, 6) is 0. The highest BCUT2D eigenvalue weighted by Crippen LogP contribution is 2.31. The van der Waals surface area contributed by atoms with Crippen molar-refractivity contribution in [2.24, 2.45) is 0 Å². The second kappa shape index (κ2) is 7.64. The zero-order chi connectivity index (χ0) is 14.4. The first-order valence-corrected chi connectivity index (χ1v) is 8.22. The number of hydrogen-bond donors (Lipinski definition) is 1. The molecule has 1 unspecified atom stereocenters. The molecule has 1 aromatic rings. The number of allylic oxidation sites excluding steroid dienone is 1. The Bertz CT molecular complexity index is 459. The predicted molar refractivity (Wildman–Crippen MR) is 88.1 cm³/mol. The van der Waals surface area contributed by atoms with E-state index in [1.54, 1.807) is 5.57 Å². The van der Waals surface area contributed by atoms with Crippen molar-refractivity contribution in [3.63, 3.8) is 0 Å². The lowest BCUT2D eigenvalue weighted by atomic mass is 9.88. The Kier molecular flexibility index (Phi) is 5.85. The maximum atomic E-state index is 3.72. The van der Waals surface area contributed by atoms with Crippen molar-refractivity contribution < 1.29 is 0 Å². The summed E-state index contributed by atoms with van der Waals surface area (Å²) in [7, 11) is 0. The van der Waals surface area contributed by atoms with E-state index in [-0.39, 0.29) is 0 Å². The van der Waals surface area contributed by atoms with Gasteiger partial charge in [0.1, 0.15) is 0 Å². The van der Waals surface area contributed by atoms with E-state index in [9.17, 15) is 0 Å². The van der Waals surface area contributed by atoms with Gasteiger partial charge in [-0.15, -0.1) is 0 Å². The molecule has 0 fully saturated rings. The van der Waals surface area contributed by atoms with Gasteiger partial charge in [-0.2, -0.15) is 0 Å². The van der Waals surface area contributed by atoms with Crippen molar-refractivity contribution in [2.75, 3.05) is 6.54 Å². The second-order valence-electron chi connectivity index (χ2n) is 6.01. The third-order valence-corrected chi connectivity index (χ3v) is 4.56. The van der Waals surface area contributed by atoms with E-state index in [1.165, 1.54) is 55.2 Å². The van der Waals surface area contributed by atoms with Gasteiger partial charge in [-0.1, -0.05) is 49.6 Å². The van der Waals surface area contributed by atoms with Crippen molar-refractivity contribution in [1.82, 2.24) is 5.32 Å². The van der Waals surface area contributed by atoms with Crippen LogP contribution in [0.1, 0.15) is 68.2 Å². The molecule has 20 heavy (non-hydrogen) atoms. The largest absolute Gasteiger partial charge is 0.307 e. The molecular formula is C19H29N. The van der Waals surface area contributed by atoms with Crippen LogP contribution in [0.4, 0.5) is 0 Å². The molecular weight excluding hydrogens is 242 g/mol. The molecule has 0 aromatic heterocycles. The maximum Gasteiger partial charge on any atom is 0.0538 e. The van der Waals surface area contributed by atoms with Gasteiger partial charge in [0.2, 0.25) is 0 Å². The number of aryl methyl sites for hydroxylation is 1. The smallest absolute Gasteiger partial charge is 0.0538 e. The van der Waals surface area contributed by atoms with Crippen LogP contribution in [0.25, 0.3) is 0 Å². The minimum Gasteiger partial charge on any atom is -0.307 e. The lowest BCUT2D eigenvalue weighted by molar-refractivity contribution is 0.552. The monoisotopic (exact) mass is 271 g/mol. The minimum atomic E-state index is 0.415. The molecule has 2 rings (SSSR count). The Labute approximate surface area is 124 Å². The summed E-state index contributed by atoms with van der Waals surface area (Å²) in [6.45, 7) is 7.71. The highest BCUT2D eigenvalue weighted by molar-refractivity contribution is 5.39. The molecule has 0 aliphatic heterocycles. The van der Waals surface area contributed by atoms with E-state index in [0.717, 1.165) is 6.54 Å². The fraction of sp³-hybridized carbons (Fsp3) is 0.579. The van der Waals surface area contributed by atoms with Crippen molar-refractivity contribution in [1.29, 1.82) is 0 Å². The van der Waals surface area contributed by atoms with Crippen LogP contribution in [0.2, 0.25) is 0 Å². The van der Waals surface area contributed by atoms with Crippen LogP contribution in [0.15, 0.2) is 29.8 Å². The first kappa shape index (κ1) is 15.3. The van der Waals surface area contributed by atoms with E-state index in [2.05, 4.69) is 50.4 Å². The molecule has 1 aliphatic carbocycles. The molecule has 0 heterocycles. The van der Waals surface area contributed by atoms with Crippen LogP contribution in [0.3, 0.4) is 0 Å². The van der Waals surface area contributed by atoms with E-state index in [0.29, 0.717) is 6.04 Å². The molecule has 1 aromatic carbocycles. The van der Waals surface area contributed by atoms with Crippen LogP contribution >= 0.6 is 0 Å². The molecule has 0 bridgehead atoms. The maximum absolute atomic E-state index is 3.72. The quantitative estimate of drug-likeness (QED) is 0.739. The van der Waals surface area contributed by atoms with Gasteiger partial charge in [-0.05, 0) is 62.8 Å².